The molecule has 0 spiro atoms. The van der Waals surface area contributed by atoms with Gasteiger partial charge in [0.15, 0.2) is 0 Å². The first-order chi connectivity index (χ1) is 10.9. The molecule has 1 atom stereocenters. The van der Waals surface area contributed by atoms with Crippen molar-refractivity contribution < 1.29 is 0 Å². The average Bonchev–Trinajstić information content (AvgIpc) is 2.49. The van der Waals surface area contributed by atoms with Crippen LogP contribution in [0, 0.1) is 0 Å². The number of para-hydroxylation sites is 1. The van der Waals surface area contributed by atoms with Gasteiger partial charge in [0.2, 0.25) is 5.95 Å². The van der Waals surface area contributed by atoms with Gasteiger partial charge in [-0.3, -0.25) is 0 Å². The van der Waals surface area contributed by atoms with E-state index in [1.165, 1.54) is 0 Å². The van der Waals surface area contributed by atoms with E-state index in [0.29, 0.717) is 33.5 Å². The van der Waals surface area contributed by atoms with Crippen molar-refractivity contribution in [1.82, 2.24) is 14.9 Å². The van der Waals surface area contributed by atoms with Gasteiger partial charge in [-0.1, -0.05) is 29.3 Å². The molecule has 1 heterocycles. The SMILES string of the molecule is CC(CCc1cnc(Nc2c(Cl)cccc2Cl)nc1N)N(C)C. The summed E-state index contributed by atoms with van der Waals surface area (Å²) in [5.41, 5.74) is 7.56. The summed E-state index contributed by atoms with van der Waals surface area (Å²) in [6.45, 7) is 2.17. The average molecular weight is 354 g/mol. The maximum Gasteiger partial charge on any atom is 0.229 e. The molecule has 0 aliphatic rings. The fourth-order valence-corrected chi connectivity index (χ4v) is 2.52. The smallest absolute Gasteiger partial charge is 0.229 e. The Balaban J connectivity index is 2.10. The van der Waals surface area contributed by atoms with Gasteiger partial charge >= 0.3 is 0 Å². The van der Waals surface area contributed by atoms with Crippen LogP contribution in [0.25, 0.3) is 0 Å². The molecule has 0 saturated heterocycles. The van der Waals surface area contributed by atoms with Crippen molar-refractivity contribution in [3.05, 3.63) is 40.0 Å². The second-order valence-corrected chi connectivity index (χ2v) is 6.49. The largest absolute Gasteiger partial charge is 0.383 e. The van der Waals surface area contributed by atoms with Crippen molar-refractivity contribution >= 4 is 40.7 Å². The summed E-state index contributed by atoms with van der Waals surface area (Å²) in [6.07, 6.45) is 3.57. The van der Waals surface area contributed by atoms with Gasteiger partial charge < -0.3 is 16.0 Å². The van der Waals surface area contributed by atoms with E-state index in [9.17, 15) is 0 Å². The standard InChI is InChI=1S/C16H21Cl2N5/c1-10(23(2)3)7-8-11-9-20-16(22-15(11)19)21-14-12(17)5-4-6-13(14)18/h4-6,9-10H,7-8H2,1-3H3,(H3,19,20,21,22). The lowest BCUT2D eigenvalue weighted by Gasteiger charge is -2.19. The fraction of sp³-hybridized carbons (Fsp3) is 0.375. The summed E-state index contributed by atoms with van der Waals surface area (Å²) in [7, 11) is 4.12. The van der Waals surface area contributed by atoms with Crippen molar-refractivity contribution in [2.45, 2.75) is 25.8 Å². The number of aromatic nitrogens is 2. The number of hydrogen-bond donors (Lipinski definition) is 2. The van der Waals surface area contributed by atoms with E-state index in [0.717, 1.165) is 18.4 Å². The molecule has 2 aromatic rings. The molecular formula is C16H21Cl2N5. The Morgan fingerprint density at radius 3 is 2.48 bits per heavy atom. The number of aryl methyl sites for hydroxylation is 1. The molecule has 0 aliphatic heterocycles. The number of hydrogen-bond acceptors (Lipinski definition) is 5. The van der Waals surface area contributed by atoms with E-state index in [1.807, 2.05) is 0 Å². The second kappa shape index (κ2) is 7.81. The van der Waals surface area contributed by atoms with Crippen LogP contribution in [-0.4, -0.2) is 35.0 Å². The van der Waals surface area contributed by atoms with Gasteiger partial charge in [-0.05, 0) is 46.0 Å². The Labute approximate surface area is 146 Å². The lowest BCUT2D eigenvalue weighted by molar-refractivity contribution is 0.299. The van der Waals surface area contributed by atoms with Gasteiger partial charge in [0.1, 0.15) is 5.82 Å². The molecule has 124 valence electrons. The molecular weight excluding hydrogens is 333 g/mol. The lowest BCUT2D eigenvalue weighted by atomic mass is 10.1. The molecule has 0 fully saturated rings. The Morgan fingerprint density at radius 1 is 1.26 bits per heavy atom. The van der Waals surface area contributed by atoms with Crippen LogP contribution in [0.2, 0.25) is 10.0 Å². The Morgan fingerprint density at radius 2 is 1.91 bits per heavy atom. The number of nitrogen functional groups attached to an aromatic ring is 1. The Hall–Kier alpha value is -1.56. The van der Waals surface area contributed by atoms with Crippen molar-refractivity contribution in [1.29, 1.82) is 0 Å². The van der Waals surface area contributed by atoms with Gasteiger partial charge in [-0.15, -0.1) is 0 Å². The summed E-state index contributed by atoms with van der Waals surface area (Å²) < 4.78 is 0. The molecule has 1 aromatic carbocycles. The van der Waals surface area contributed by atoms with Crippen LogP contribution in [0.5, 0.6) is 0 Å². The van der Waals surface area contributed by atoms with Crippen LogP contribution >= 0.6 is 23.2 Å². The summed E-state index contributed by atoms with van der Waals surface area (Å²) in [5.74, 6) is 0.846. The van der Waals surface area contributed by atoms with E-state index in [2.05, 4.69) is 41.2 Å². The van der Waals surface area contributed by atoms with Gasteiger partial charge in [-0.25, -0.2) is 4.98 Å². The third-order valence-electron chi connectivity index (χ3n) is 3.81. The van der Waals surface area contributed by atoms with Gasteiger partial charge in [0.05, 0.1) is 15.7 Å². The highest BCUT2D eigenvalue weighted by Gasteiger charge is 2.11. The molecule has 23 heavy (non-hydrogen) atoms. The first-order valence-electron chi connectivity index (χ1n) is 7.37. The third-order valence-corrected chi connectivity index (χ3v) is 4.44. The lowest BCUT2D eigenvalue weighted by Crippen LogP contribution is -2.25. The summed E-state index contributed by atoms with van der Waals surface area (Å²) in [4.78, 5) is 10.8. The number of nitrogens with one attached hydrogen (secondary N) is 1. The maximum atomic E-state index is 6.13. The Bertz CT molecular complexity index is 655. The monoisotopic (exact) mass is 353 g/mol. The van der Waals surface area contributed by atoms with Crippen LogP contribution in [0.1, 0.15) is 18.9 Å². The first kappa shape index (κ1) is 17.8. The van der Waals surface area contributed by atoms with E-state index in [-0.39, 0.29) is 0 Å². The maximum absolute atomic E-state index is 6.13. The molecule has 5 nitrogen and oxygen atoms in total. The number of nitrogens with zero attached hydrogens (tertiary/aromatic N) is 3. The minimum Gasteiger partial charge on any atom is -0.383 e. The first-order valence-corrected chi connectivity index (χ1v) is 8.13. The predicted octanol–water partition coefficient (Wildman–Crippen LogP) is 3.99. The normalized spacial score (nSPS) is 12.4. The fourth-order valence-electron chi connectivity index (χ4n) is 2.02. The number of rotatable bonds is 6. The Kier molecular flexibility index (Phi) is 6.04. The molecule has 0 saturated carbocycles. The minimum absolute atomic E-state index is 0.377. The highest BCUT2D eigenvalue weighted by atomic mass is 35.5. The van der Waals surface area contributed by atoms with Crippen molar-refractivity contribution in [3.63, 3.8) is 0 Å². The van der Waals surface area contributed by atoms with Crippen LogP contribution in [0.15, 0.2) is 24.4 Å². The highest BCUT2D eigenvalue weighted by molar-refractivity contribution is 6.39. The summed E-state index contributed by atoms with van der Waals surface area (Å²) in [6, 6.07) is 5.74. The van der Waals surface area contributed by atoms with Crippen LogP contribution in [0.3, 0.4) is 0 Å². The molecule has 3 N–H and O–H groups in total. The second-order valence-electron chi connectivity index (χ2n) is 5.68. The zero-order valence-corrected chi connectivity index (χ0v) is 15.0. The van der Waals surface area contributed by atoms with E-state index >= 15 is 0 Å². The van der Waals surface area contributed by atoms with E-state index in [1.54, 1.807) is 24.4 Å². The van der Waals surface area contributed by atoms with E-state index < -0.39 is 0 Å². The molecule has 0 radical (unpaired) electrons. The van der Waals surface area contributed by atoms with Gasteiger partial charge in [0.25, 0.3) is 0 Å². The number of nitrogens with two attached hydrogens (primary N) is 1. The summed E-state index contributed by atoms with van der Waals surface area (Å²) >= 11 is 12.3. The molecule has 7 heteroatoms. The van der Waals surface area contributed by atoms with Crippen molar-refractivity contribution in [2.24, 2.45) is 0 Å². The van der Waals surface area contributed by atoms with Gasteiger partial charge in [0, 0.05) is 17.8 Å². The number of halogens is 2. The highest BCUT2D eigenvalue weighted by Crippen LogP contribution is 2.31. The molecule has 1 unspecified atom stereocenters. The van der Waals surface area contributed by atoms with Crippen molar-refractivity contribution in [3.8, 4) is 0 Å². The van der Waals surface area contributed by atoms with Crippen LogP contribution in [-0.2, 0) is 6.42 Å². The summed E-state index contributed by atoms with van der Waals surface area (Å²) in [5, 5.41) is 4.02. The van der Waals surface area contributed by atoms with Crippen LogP contribution in [0.4, 0.5) is 17.5 Å². The zero-order chi connectivity index (χ0) is 17.0. The quantitative estimate of drug-likeness (QED) is 0.821. The van der Waals surface area contributed by atoms with Crippen molar-refractivity contribution in [2.75, 3.05) is 25.1 Å². The van der Waals surface area contributed by atoms with E-state index in [4.69, 9.17) is 28.9 Å². The third kappa shape index (κ3) is 4.70. The molecule has 0 aliphatic carbocycles. The zero-order valence-electron chi connectivity index (χ0n) is 13.5. The topological polar surface area (TPSA) is 67.1 Å². The minimum atomic E-state index is 0.377. The number of anilines is 3. The molecule has 1 aromatic heterocycles. The predicted molar refractivity (Wildman–Crippen MR) is 97.7 cm³/mol. The number of benzene rings is 1. The van der Waals surface area contributed by atoms with Crippen LogP contribution < -0.4 is 11.1 Å². The molecule has 0 amide bonds. The molecule has 0 bridgehead atoms. The van der Waals surface area contributed by atoms with Gasteiger partial charge in [-0.2, -0.15) is 4.98 Å². The molecule has 2 rings (SSSR count).